The molecule has 4 heterocycles. The Kier molecular flexibility index (Phi) is 3.65. The van der Waals surface area contributed by atoms with E-state index >= 15 is 0 Å². The number of hydrogen-bond donors (Lipinski definition) is 0. The summed E-state index contributed by atoms with van der Waals surface area (Å²) >= 11 is 0. The van der Waals surface area contributed by atoms with Crippen LogP contribution in [-0.4, -0.2) is 34.1 Å². The zero-order valence-electron chi connectivity index (χ0n) is 16.4. The molecule has 5 aromatic rings. The molecule has 4 aromatic heterocycles. The maximum atomic E-state index is 4.93. The molecule has 0 amide bonds. The van der Waals surface area contributed by atoms with E-state index < -0.39 is 0 Å². The summed E-state index contributed by atoms with van der Waals surface area (Å²) in [5, 5.41) is 5.75. The van der Waals surface area contributed by atoms with E-state index in [0.717, 1.165) is 69.0 Å². The summed E-state index contributed by atoms with van der Waals surface area (Å²) in [5.41, 5.74) is 7.01. The second kappa shape index (κ2) is 6.09. The lowest BCUT2D eigenvalue weighted by Gasteiger charge is -2.03. The third-order valence-electron chi connectivity index (χ3n) is 5.35. The molecule has 7 nitrogen and oxygen atoms in total. The predicted molar refractivity (Wildman–Crippen MR) is 108 cm³/mol. The van der Waals surface area contributed by atoms with Crippen LogP contribution < -0.4 is 0 Å². The lowest BCUT2D eigenvalue weighted by Crippen LogP contribution is -2.02. The molecule has 0 aliphatic carbocycles. The van der Waals surface area contributed by atoms with Gasteiger partial charge in [-0.25, -0.2) is 14.5 Å². The second-order valence-corrected chi connectivity index (χ2v) is 7.30. The van der Waals surface area contributed by atoms with Gasteiger partial charge in [-0.2, -0.15) is 5.10 Å². The van der Waals surface area contributed by atoms with E-state index in [1.807, 2.05) is 36.8 Å². The van der Waals surface area contributed by atoms with Crippen molar-refractivity contribution in [2.24, 2.45) is 7.05 Å². The SMILES string of the molecule is Cc1cc2c(nc(CCc3nc4c(C)ncc(C)n4n3)n2C)c2cccnc12. The van der Waals surface area contributed by atoms with Crippen molar-refractivity contribution in [1.29, 1.82) is 0 Å². The molecule has 0 unspecified atom stereocenters. The van der Waals surface area contributed by atoms with Crippen LogP contribution >= 0.6 is 0 Å². The zero-order chi connectivity index (χ0) is 19.4. The summed E-state index contributed by atoms with van der Waals surface area (Å²) in [6, 6.07) is 6.23. The first-order chi connectivity index (χ1) is 13.5. The van der Waals surface area contributed by atoms with Crippen LogP contribution in [0.1, 0.15) is 28.6 Å². The van der Waals surface area contributed by atoms with E-state index in [1.165, 1.54) is 0 Å². The van der Waals surface area contributed by atoms with E-state index in [-0.39, 0.29) is 0 Å². The molecule has 140 valence electrons. The van der Waals surface area contributed by atoms with Crippen LogP contribution in [0.25, 0.3) is 27.6 Å². The fraction of sp³-hybridized carbons (Fsp3) is 0.286. The molecule has 0 aliphatic rings. The van der Waals surface area contributed by atoms with Crippen molar-refractivity contribution < 1.29 is 0 Å². The van der Waals surface area contributed by atoms with Gasteiger partial charge in [0.25, 0.3) is 0 Å². The zero-order valence-corrected chi connectivity index (χ0v) is 16.4. The molecule has 0 aliphatic heterocycles. The fourth-order valence-corrected chi connectivity index (χ4v) is 3.80. The molecule has 28 heavy (non-hydrogen) atoms. The van der Waals surface area contributed by atoms with Gasteiger partial charge < -0.3 is 4.57 Å². The maximum absolute atomic E-state index is 4.93. The Morgan fingerprint density at radius 1 is 1.00 bits per heavy atom. The third-order valence-corrected chi connectivity index (χ3v) is 5.35. The monoisotopic (exact) mass is 371 g/mol. The van der Waals surface area contributed by atoms with Crippen LogP contribution in [0, 0.1) is 20.8 Å². The van der Waals surface area contributed by atoms with E-state index in [0.29, 0.717) is 0 Å². The fourth-order valence-electron chi connectivity index (χ4n) is 3.80. The molecule has 0 radical (unpaired) electrons. The molecule has 0 spiro atoms. The van der Waals surface area contributed by atoms with Gasteiger partial charge >= 0.3 is 0 Å². The number of nitrogens with zero attached hydrogens (tertiary/aromatic N) is 7. The highest BCUT2D eigenvalue weighted by Crippen LogP contribution is 2.27. The van der Waals surface area contributed by atoms with Gasteiger partial charge in [-0.05, 0) is 44.5 Å². The molecular weight excluding hydrogens is 350 g/mol. The smallest absolute Gasteiger partial charge is 0.177 e. The Morgan fingerprint density at radius 3 is 2.68 bits per heavy atom. The average molecular weight is 371 g/mol. The minimum atomic E-state index is 0.729. The standard InChI is InChI=1S/C21H21N7/c1-12-10-16-20(15-6-5-9-22-19(12)15)25-18(27(16)4)8-7-17-24-21-14(3)23-11-13(2)28(21)26-17/h5-6,9-11H,7-8H2,1-4H3. The number of aromatic nitrogens is 7. The number of aryl methyl sites for hydroxylation is 6. The van der Waals surface area contributed by atoms with Crippen LogP contribution in [0.4, 0.5) is 0 Å². The number of imidazole rings is 1. The van der Waals surface area contributed by atoms with Crippen molar-refractivity contribution in [2.75, 3.05) is 0 Å². The van der Waals surface area contributed by atoms with Gasteiger partial charge in [0.2, 0.25) is 0 Å². The molecule has 0 saturated carbocycles. The van der Waals surface area contributed by atoms with Crippen molar-refractivity contribution in [3.8, 4) is 0 Å². The molecule has 0 fully saturated rings. The van der Waals surface area contributed by atoms with E-state index in [2.05, 4.69) is 50.7 Å². The maximum Gasteiger partial charge on any atom is 0.177 e. The molecule has 0 bridgehead atoms. The molecule has 0 atom stereocenters. The van der Waals surface area contributed by atoms with Gasteiger partial charge in [-0.3, -0.25) is 9.97 Å². The van der Waals surface area contributed by atoms with E-state index in [9.17, 15) is 0 Å². The van der Waals surface area contributed by atoms with E-state index in [1.54, 1.807) is 0 Å². The van der Waals surface area contributed by atoms with Crippen LogP contribution in [0.2, 0.25) is 0 Å². The van der Waals surface area contributed by atoms with Crippen LogP contribution in [0.15, 0.2) is 30.6 Å². The summed E-state index contributed by atoms with van der Waals surface area (Å²) in [6.45, 7) is 6.05. The van der Waals surface area contributed by atoms with Gasteiger partial charge in [0, 0.05) is 37.7 Å². The number of fused-ring (bicyclic) bond motifs is 4. The molecule has 7 heteroatoms. The van der Waals surface area contributed by atoms with Gasteiger partial charge in [0.1, 0.15) is 5.82 Å². The lowest BCUT2D eigenvalue weighted by molar-refractivity contribution is 0.752. The molecular formula is C21H21N7. The van der Waals surface area contributed by atoms with Crippen molar-refractivity contribution >= 4 is 27.6 Å². The first-order valence-corrected chi connectivity index (χ1v) is 9.40. The molecule has 5 rings (SSSR count). The van der Waals surface area contributed by atoms with Crippen molar-refractivity contribution in [3.05, 3.63) is 59.2 Å². The summed E-state index contributed by atoms with van der Waals surface area (Å²) < 4.78 is 4.04. The number of pyridine rings is 1. The molecule has 1 aromatic carbocycles. The normalized spacial score (nSPS) is 11.9. The van der Waals surface area contributed by atoms with Crippen LogP contribution in [0.3, 0.4) is 0 Å². The highest BCUT2D eigenvalue weighted by Gasteiger charge is 2.15. The topological polar surface area (TPSA) is 73.8 Å². The largest absolute Gasteiger partial charge is 0.331 e. The van der Waals surface area contributed by atoms with Crippen molar-refractivity contribution in [3.63, 3.8) is 0 Å². The highest BCUT2D eigenvalue weighted by atomic mass is 15.3. The summed E-state index contributed by atoms with van der Waals surface area (Å²) in [7, 11) is 2.07. The Hall–Kier alpha value is -3.35. The van der Waals surface area contributed by atoms with Crippen molar-refractivity contribution in [1.82, 2.24) is 34.1 Å². The van der Waals surface area contributed by atoms with Crippen molar-refractivity contribution in [2.45, 2.75) is 33.6 Å². The second-order valence-electron chi connectivity index (χ2n) is 7.30. The molecule has 0 N–H and O–H groups in total. The first kappa shape index (κ1) is 16.8. The number of hydrogen-bond acceptors (Lipinski definition) is 5. The highest BCUT2D eigenvalue weighted by molar-refractivity contribution is 6.04. The summed E-state index contributed by atoms with van der Waals surface area (Å²) in [4.78, 5) is 18.5. The van der Waals surface area contributed by atoms with Gasteiger partial charge in [-0.1, -0.05) is 0 Å². The summed E-state index contributed by atoms with van der Waals surface area (Å²) in [5.74, 6) is 1.84. The Bertz CT molecular complexity index is 1320. The predicted octanol–water partition coefficient (Wildman–Crippen LogP) is 3.27. The van der Waals surface area contributed by atoms with Gasteiger partial charge in [-0.15, -0.1) is 0 Å². The Balaban J connectivity index is 1.54. The average Bonchev–Trinajstić information content (AvgIpc) is 3.27. The van der Waals surface area contributed by atoms with Gasteiger partial charge in [0.15, 0.2) is 11.5 Å². The molecule has 0 saturated heterocycles. The number of rotatable bonds is 3. The summed E-state index contributed by atoms with van der Waals surface area (Å²) in [6.07, 6.45) is 5.16. The third kappa shape index (κ3) is 2.46. The Morgan fingerprint density at radius 2 is 1.86 bits per heavy atom. The minimum Gasteiger partial charge on any atom is -0.331 e. The first-order valence-electron chi connectivity index (χ1n) is 9.40. The minimum absolute atomic E-state index is 0.729. The number of benzene rings is 1. The lowest BCUT2D eigenvalue weighted by atomic mass is 10.1. The van der Waals surface area contributed by atoms with Gasteiger partial charge in [0.05, 0.1) is 27.9 Å². The van der Waals surface area contributed by atoms with Crippen LogP contribution in [0.5, 0.6) is 0 Å². The van der Waals surface area contributed by atoms with Crippen LogP contribution in [-0.2, 0) is 19.9 Å². The quantitative estimate of drug-likeness (QED) is 0.487. The Labute approximate surface area is 162 Å². The van der Waals surface area contributed by atoms with E-state index in [4.69, 9.17) is 4.98 Å².